The van der Waals surface area contributed by atoms with Gasteiger partial charge in [0, 0.05) is 23.2 Å². The molecule has 1 amide bonds. The van der Waals surface area contributed by atoms with Gasteiger partial charge in [-0.3, -0.25) is 15.1 Å². The molecule has 4 aromatic rings. The van der Waals surface area contributed by atoms with Gasteiger partial charge < -0.3 is 4.42 Å². The number of benzene rings is 2. The predicted octanol–water partition coefficient (Wildman–Crippen LogP) is 2.48. The summed E-state index contributed by atoms with van der Waals surface area (Å²) >= 11 is 6.00. The van der Waals surface area contributed by atoms with Gasteiger partial charge in [-0.25, -0.2) is 23.6 Å². The molecule has 0 saturated carbocycles. The molecule has 0 atom stereocenters. The van der Waals surface area contributed by atoms with Gasteiger partial charge in [0.15, 0.2) is 5.76 Å². The molecule has 0 aliphatic heterocycles. The van der Waals surface area contributed by atoms with E-state index in [0.29, 0.717) is 32.7 Å². The van der Waals surface area contributed by atoms with Gasteiger partial charge >= 0.3 is 0 Å². The van der Waals surface area contributed by atoms with Crippen LogP contribution in [0.4, 0.5) is 0 Å². The van der Waals surface area contributed by atoms with Gasteiger partial charge in [0.1, 0.15) is 17.1 Å². The van der Waals surface area contributed by atoms with Crippen LogP contribution in [0.3, 0.4) is 0 Å². The molecule has 11 nitrogen and oxygen atoms in total. The van der Waals surface area contributed by atoms with Crippen molar-refractivity contribution in [2.45, 2.75) is 11.3 Å². The van der Waals surface area contributed by atoms with E-state index in [1.807, 2.05) is 0 Å². The average Bonchev–Trinajstić information content (AvgIpc) is 3.40. The second kappa shape index (κ2) is 8.75. The number of rotatable bonds is 6. The number of halogens is 1. The van der Waals surface area contributed by atoms with Crippen LogP contribution in [-0.2, 0) is 21.2 Å². The molecule has 0 radical (unpaired) electrons. The van der Waals surface area contributed by atoms with E-state index in [1.165, 1.54) is 19.2 Å². The number of nitrogens with one attached hydrogen (secondary N) is 1. The number of carbonyl (C=O) groups is 1. The third-order valence-corrected chi connectivity index (χ3v) is 5.89. The number of hydrogen-bond acceptors (Lipinski definition) is 8. The first-order valence-corrected chi connectivity index (χ1v) is 11.3. The molecule has 0 aliphatic carbocycles. The SMILES string of the molecule is CN(O)C(=O)Cc1nn[nH]c1-c1nc(-c2ccc(S(N)(=O)=O)cc2)c(-c2ccc(Cl)cc2)o1. The number of aromatic nitrogens is 4. The zero-order valence-electron chi connectivity index (χ0n) is 17.1. The minimum Gasteiger partial charge on any atom is -0.434 e. The molecule has 13 heteroatoms. The minimum absolute atomic E-state index is 0.0466. The molecule has 4 rings (SSSR count). The highest BCUT2D eigenvalue weighted by Gasteiger charge is 2.24. The number of likely N-dealkylation sites (N-methyl/N-ethyl adjacent to an activating group) is 1. The van der Waals surface area contributed by atoms with Crippen LogP contribution in [0.2, 0.25) is 5.02 Å². The number of primary sulfonamides is 1. The smallest absolute Gasteiger partial charge is 0.251 e. The molecule has 0 aliphatic rings. The molecule has 2 aromatic carbocycles. The monoisotopic (exact) mass is 488 g/mol. The van der Waals surface area contributed by atoms with Crippen molar-refractivity contribution in [3.8, 4) is 34.2 Å². The van der Waals surface area contributed by atoms with Crippen LogP contribution in [0.1, 0.15) is 5.69 Å². The zero-order chi connectivity index (χ0) is 23.8. The van der Waals surface area contributed by atoms with E-state index < -0.39 is 15.9 Å². The predicted molar refractivity (Wildman–Crippen MR) is 117 cm³/mol. The van der Waals surface area contributed by atoms with Gasteiger partial charge in [-0.05, 0) is 36.4 Å². The first kappa shape index (κ1) is 22.6. The summed E-state index contributed by atoms with van der Waals surface area (Å²) in [5, 5.41) is 25.8. The van der Waals surface area contributed by atoms with Gasteiger partial charge in [-0.2, -0.15) is 0 Å². The first-order chi connectivity index (χ1) is 15.6. The molecular formula is C20H17ClN6O5S. The Hall–Kier alpha value is -3.58. The van der Waals surface area contributed by atoms with Gasteiger partial charge in [0.2, 0.25) is 15.9 Å². The molecule has 0 bridgehead atoms. The van der Waals surface area contributed by atoms with E-state index in [9.17, 15) is 18.4 Å². The van der Waals surface area contributed by atoms with Crippen LogP contribution >= 0.6 is 11.6 Å². The van der Waals surface area contributed by atoms with Crippen LogP contribution in [-0.4, -0.2) is 52.0 Å². The van der Waals surface area contributed by atoms with Crippen LogP contribution in [0.5, 0.6) is 0 Å². The van der Waals surface area contributed by atoms with E-state index >= 15 is 0 Å². The maximum atomic E-state index is 11.9. The summed E-state index contributed by atoms with van der Waals surface area (Å²) in [5.74, 6) is -0.136. The fourth-order valence-corrected chi connectivity index (χ4v) is 3.67. The topological polar surface area (TPSA) is 168 Å². The number of amides is 1. The van der Waals surface area contributed by atoms with Crippen molar-refractivity contribution in [2.75, 3.05) is 7.05 Å². The van der Waals surface area contributed by atoms with Crippen molar-refractivity contribution in [1.29, 1.82) is 0 Å². The van der Waals surface area contributed by atoms with Crippen molar-refractivity contribution >= 4 is 27.5 Å². The summed E-state index contributed by atoms with van der Waals surface area (Å²) in [5.41, 5.74) is 2.10. The molecular weight excluding hydrogens is 472 g/mol. The molecule has 0 unspecified atom stereocenters. The van der Waals surface area contributed by atoms with E-state index in [4.69, 9.17) is 21.2 Å². The lowest BCUT2D eigenvalue weighted by molar-refractivity contribution is -0.158. The molecule has 33 heavy (non-hydrogen) atoms. The molecule has 2 heterocycles. The summed E-state index contributed by atoms with van der Waals surface area (Å²) in [6.45, 7) is 0. The highest BCUT2D eigenvalue weighted by atomic mass is 35.5. The molecule has 0 spiro atoms. The number of nitrogens with two attached hydrogens (primary N) is 1. The van der Waals surface area contributed by atoms with E-state index in [2.05, 4.69) is 20.4 Å². The Labute approximate surface area is 192 Å². The third kappa shape index (κ3) is 4.78. The lowest BCUT2D eigenvalue weighted by Gasteiger charge is -2.06. The molecule has 0 fully saturated rings. The largest absolute Gasteiger partial charge is 0.434 e. The summed E-state index contributed by atoms with van der Waals surface area (Å²) in [4.78, 5) is 16.4. The lowest BCUT2D eigenvalue weighted by atomic mass is 10.1. The number of sulfonamides is 1. The van der Waals surface area contributed by atoms with Crippen molar-refractivity contribution in [2.24, 2.45) is 5.14 Å². The number of aromatic amines is 1. The second-order valence-corrected chi connectivity index (χ2v) is 9.00. The number of carbonyl (C=O) groups excluding carboxylic acids is 1. The van der Waals surface area contributed by atoms with E-state index in [1.54, 1.807) is 36.4 Å². The fourth-order valence-electron chi connectivity index (χ4n) is 3.02. The van der Waals surface area contributed by atoms with Crippen LogP contribution in [0.15, 0.2) is 57.8 Å². The molecule has 2 aromatic heterocycles. The maximum Gasteiger partial charge on any atom is 0.251 e. The van der Waals surface area contributed by atoms with Crippen molar-refractivity contribution < 1.29 is 22.8 Å². The molecule has 170 valence electrons. The number of hydrogen-bond donors (Lipinski definition) is 3. The average molecular weight is 489 g/mol. The maximum absolute atomic E-state index is 11.9. The third-order valence-electron chi connectivity index (χ3n) is 4.70. The number of hydroxylamine groups is 2. The Kier molecular flexibility index (Phi) is 5.99. The number of nitrogens with zero attached hydrogens (tertiary/aromatic N) is 4. The zero-order valence-corrected chi connectivity index (χ0v) is 18.6. The highest BCUT2D eigenvalue weighted by molar-refractivity contribution is 7.89. The summed E-state index contributed by atoms with van der Waals surface area (Å²) in [6, 6.07) is 12.7. The summed E-state index contributed by atoms with van der Waals surface area (Å²) in [7, 11) is -2.66. The summed E-state index contributed by atoms with van der Waals surface area (Å²) < 4.78 is 29.2. The van der Waals surface area contributed by atoms with Gasteiger partial charge in [-0.1, -0.05) is 28.9 Å². The Morgan fingerprint density at radius 1 is 1.15 bits per heavy atom. The normalized spacial score (nSPS) is 11.5. The highest BCUT2D eigenvalue weighted by Crippen LogP contribution is 2.36. The standard InChI is InChI=1S/C20H17ClN6O5S/c1-27(29)16(28)10-15-18(25-26-24-15)20-23-17(11-4-8-14(9-5-11)33(22,30)31)19(32-20)12-2-6-13(21)7-3-12/h2-9,29H,10H2,1H3,(H2,22,30,31)(H,24,25,26). The van der Waals surface area contributed by atoms with Crippen LogP contribution in [0.25, 0.3) is 34.2 Å². The number of oxazole rings is 1. The Balaban J connectivity index is 1.83. The molecule has 0 saturated heterocycles. The first-order valence-electron chi connectivity index (χ1n) is 9.39. The Bertz CT molecular complexity index is 1410. The van der Waals surface area contributed by atoms with Crippen molar-refractivity contribution in [3.63, 3.8) is 0 Å². The minimum atomic E-state index is -3.86. The van der Waals surface area contributed by atoms with E-state index in [0.717, 1.165) is 0 Å². The van der Waals surface area contributed by atoms with Crippen molar-refractivity contribution in [1.82, 2.24) is 25.5 Å². The molecule has 4 N–H and O–H groups in total. The fraction of sp³-hybridized carbons (Fsp3) is 0.100. The second-order valence-electron chi connectivity index (χ2n) is 7.00. The quantitative estimate of drug-likeness (QED) is 0.274. The van der Waals surface area contributed by atoms with E-state index in [-0.39, 0.29) is 28.6 Å². The number of H-pyrrole nitrogens is 1. The lowest BCUT2D eigenvalue weighted by Crippen LogP contribution is -2.24. The Morgan fingerprint density at radius 2 is 1.79 bits per heavy atom. The van der Waals surface area contributed by atoms with Crippen LogP contribution < -0.4 is 5.14 Å². The van der Waals surface area contributed by atoms with Crippen molar-refractivity contribution in [3.05, 3.63) is 59.2 Å². The van der Waals surface area contributed by atoms with Gasteiger partial charge in [0.25, 0.3) is 5.91 Å². The van der Waals surface area contributed by atoms with Gasteiger partial charge in [0.05, 0.1) is 11.3 Å². The summed E-state index contributed by atoms with van der Waals surface area (Å²) in [6.07, 6.45) is -0.240. The van der Waals surface area contributed by atoms with Gasteiger partial charge in [-0.15, -0.1) is 5.10 Å². The Morgan fingerprint density at radius 3 is 2.39 bits per heavy atom. The van der Waals surface area contributed by atoms with Crippen LogP contribution in [0, 0.1) is 0 Å².